The third-order valence-corrected chi connectivity index (χ3v) is 4.75. The SMILES string of the molecule is Cc1nn(Cc2c(F)cccc2Cl)c(C)c1NC(=O)c1cc(C(F)(F)F)nn1C. The van der Waals surface area contributed by atoms with Crippen LogP contribution in [-0.2, 0) is 19.8 Å². The van der Waals surface area contributed by atoms with E-state index in [9.17, 15) is 22.4 Å². The van der Waals surface area contributed by atoms with E-state index < -0.39 is 23.6 Å². The summed E-state index contributed by atoms with van der Waals surface area (Å²) < 4.78 is 54.8. The molecule has 0 radical (unpaired) electrons. The van der Waals surface area contributed by atoms with Crippen molar-refractivity contribution in [2.24, 2.45) is 7.05 Å². The minimum absolute atomic E-state index is 0.0258. The minimum Gasteiger partial charge on any atom is -0.317 e. The van der Waals surface area contributed by atoms with Gasteiger partial charge in [-0.1, -0.05) is 17.7 Å². The number of hydrogen-bond acceptors (Lipinski definition) is 3. The molecule has 1 amide bonds. The summed E-state index contributed by atoms with van der Waals surface area (Å²) in [5.74, 6) is -1.27. The zero-order valence-electron chi connectivity index (χ0n) is 15.6. The monoisotopic (exact) mass is 429 g/mol. The maximum Gasteiger partial charge on any atom is 0.435 e. The van der Waals surface area contributed by atoms with Crippen LogP contribution in [0.2, 0.25) is 5.02 Å². The van der Waals surface area contributed by atoms with Crippen LogP contribution < -0.4 is 5.32 Å². The Bertz CT molecular complexity index is 1070. The first-order chi connectivity index (χ1) is 13.5. The summed E-state index contributed by atoms with van der Waals surface area (Å²) in [5, 5.41) is 10.4. The Labute approximate surface area is 168 Å². The first kappa shape index (κ1) is 20.8. The van der Waals surface area contributed by atoms with E-state index in [1.54, 1.807) is 19.9 Å². The quantitative estimate of drug-likeness (QED) is 0.627. The van der Waals surface area contributed by atoms with Crippen molar-refractivity contribution in [1.82, 2.24) is 19.6 Å². The second-order valence-corrected chi connectivity index (χ2v) is 6.80. The second kappa shape index (κ2) is 7.51. The Hall–Kier alpha value is -2.88. The van der Waals surface area contributed by atoms with Crippen LogP contribution in [0.15, 0.2) is 24.3 Å². The van der Waals surface area contributed by atoms with Gasteiger partial charge in [0.2, 0.25) is 0 Å². The lowest BCUT2D eigenvalue weighted by Crippen LogP contribution is -2.17. The van der Waals surface area contributed by atoms with E-state index in [1.165, 1.54) is 23.9 Å². The maximum atomic E-state index is 14.1. The number of halogens is 5. The van der Waals surface area contributed by atoms with Crippen molar-refractivity contribution in [1.29, 1.82) is 0 Å². The van der Waals surface area contributed by atoms with Crippen LogP contribution in [0.1, 0.15) is 33.1 Å². The molecule has 0 saturated carbocycles. The molecule has 3 aromatic rings. The number of amides is 1. The highest BCUT2D eigenvalue weighted by Gasteiger charge is 2.35. The summed E-state index contributed by atoms with van der Waals surface area (Å²) in [4.78, 5) is 12.5. The Morgan fingerprint density at radius 2 is 1.93 bits per heavy atom. The van der Waals surface area contributed by atoms with Gasteiger partial charge in [-0.3, -0.25) is 14.2 Å². The van der Waals surface area contributed by atoms with Gasteiger partial charge in [-0.2, -0.15) is 23.4 Å². The molecule has 3 rings (SSSR count). The molecule has 0 aliphatic rings. The van der Waals surface area contributed by atoms with Gasteiger partial charge in [-0.05, 0) is 26.0 Å². The van der Waals surface area contributed by atoms with E-state index in [2.05, 4.69) is 15.5 Å². The minimum atomic E-state index is -4.66. The van der Waals surface area contributed by atoms with Gasteiger partial charge in [-0.15, -0.1) is 0 Å². The van der Waals surface area contributed by atoms with E-state index in [1.807, 2.05) is 0 Å². The third-order valence-electron chi connectivity index (χ3n) is 4.39. The number of aryl methyl sites for hydroxylation is 2. The first-order valence-corrected chi connectivity index (χ1v) is 8.76. The number of benzene rings is 1. The van der Waals surface area contributed by atoms with Crippen molar-refractivity contribution < 1.29 is 22.4 Å². The molecule has 0 atom stereocenters. The molecule has 0 bridgehead atoms. The molecule has 11 heteroatoms. The van der Waals surface area contributed by atoms with Crippen molar-refractivity contribution in [3.63, 3.8) is 0 Å². The summed E-state index contributed by atoms with van der Waals surface area (Å²) in [6.07, 6.45) is -4.66. The Balaban J connectivity index is 1.88. The predicted octanol–water partition coefficient (Wildman–Crippen LogP) is 4.35. The van der Waals surface area contributed by atoms with E-state index >= 15 is 0 Å². The fraction of sp³-hybridized carbons (Fsp3) is 0.278. The Morgan fingerprint density at radius 1 is 1.24 bits per heavy atom. The lowest BCUT2D eigenvalue weighted by atomic mass is 10.2. The average Bonchev–Trinajstić information content (AvgIpc) is 3.13. The molecule has 2 heterocycles. The highest BCUT2D eigenvalue weighted by molar-refractivity contribution is 6.31. The van der Waals surface area contributed by atoms with Crippen LogP contribution in [0, 0.1) is 19.7 Å². The van der Waals surface area contributed by atoms with Gasteiger partial charge in [0.15, 0.2) is 5.69 Å². The van der Waals surface area contributed by atoms with Crippen molar-refractivity contribution in [3.8, 4) is 0 Å². The summed E-state index contributed by atoms with van der Waals surface area (Å²) in [7, 11) is 1.24. The molecule has 0 saturated heterocycles. The number of alkyl halides is 3. The molecule has 1 aromatic carbocycles. The smallest absolute Gasteiger partial charge is 0.317 e. The number of nitrogens with one attached hydrogen (secondary N) is 1. The molecule has 0 aliphatic carbocycles. The molecular formula is C18H16ClF4N5O. The summed E-state index contributed by atoms with van der Waals surface area (Å²) in [6.45, 7) is 3.29. The van der Waals surface area contributed by atoms with Gasteiger partial charge in [0.05, 0.1) is 23.6 Å². The lowest BCUT2D eigenvalue weighted by molar-refractivity contribution is -0.141. The van der Waals surface area contributed by atoms with Gasteiger partial charge in [0.1, 0.15) is 11.5 Å². The van der Waals surface area contributed by atoms with Gasteiger partial charge >= 0.3 is 6.18 Å². The summed E-state index contributed by atoms with van der Waals surface area (Å²) in [5.41, 5.74) is 0.0377. The van der Waals surface area contributed by atoms with Crippen LogP contribution in [0.5, 0.6) is 0 Å². The Kier molecular flexibility index (Phi) is 5.40. The van der Waals surface area contributed by atoms with Crippen molar-refractivity contribution in [3.05, 3.63) is 63.4 Å². The van der Waals surface area contributed by atoms with Gasteiger partial charge in [0, 0.05) is 23.7 Å². The molecule has 0 unspecified atom stereocenters. The highest BCUT2D eigenvalue weighted by Crippen LogP contribution is 2.29. The van der Waals surface area contributed by atoms with Crippen LogP contribution in [0.25, 0.3) is 0 Å². The zero-order valence-corrected chi connectivity index (χ0v) is 16.4. The van der Waals surface area contributed by atoms with Gasteiger partial charge in [0.25, 0.3) is 5.91 Å². The van der Waals surface area contributed by atoms with Crippen molar-refractivity contribution >= 4 is 23.2 Å². The largest absolute Gasteiger partial charge is 0.435 e. The molecule has 154 valence electrons. The zero-order chi connectivity index (χ0) is 21.5. The predicted molar refractivity (Wildman–Crippen MR) is 98.4 cm³/mol. The normalized spacial score (nSPS) is 11.7. The standard InChI is InChI=1S/C18H16ClF4N5O/c1-9-16(24-17(29)14-7-15(18(21,22)23)26-27(14)3)10(2)28(25-9)8-11-12(19)5-4-6-13(11)20/h4-7H,8H2,1-3H3,(H,24,29). The molecular weight excluding hydrogens is 414 g/mol. The fourth-order valence-electron chi connectivity index (χ4n) is 2.86. The van der Waals surface area contributed by atoms with E-state index in [0.29, 0.717) is 23.1 Å². The second-order valence-electron chi connectivity index (χ2n) is 6.39. The number of carbonyl (C=O) groups excluding carboxylic acids is 1. The highest BCUT2D eigenvalue weighted by atomic mass is 35.5. The van der Waals surface area contributed by atoms with E-state index in [-0.39, 0.29) is 22.8 Å². The molecule has 6 nitrogen and oxygen atoms in total. The number of rotatable bonds is 4. The molecule has 0 spiro atoms. The molecule has 29 heavy (non-hydrogen) atoms. The fourth-order valence-corrected chi connectivity index (χ4v) is 3.08. The molecule has 1 N–H and O–H groups in total. The third kappa shape index (κ3) is 4.12. The topological polar surface area (TPSA) is 64.7 Å². The van der Waals surface area contributed by atoms with Crippen LogP contribution >= 0.6 is 11.6 Å². The van der Waals surface area contributed by atoms with Crippen LogP contribution in [0.4, 0.5) is 23.2 Å². The number of carbonyl (C=O) groups is 1. The molecule has 0 aliphatic heterocycles. The van der Waals surface area contributed by atoms with E-state index in [4.69, 9.17) is 11.6 Å². The maximum absolute atomic E-state index is 14.1. The number of aromatic nitrogens is 4. The van der Waals surface area contributed by atoms with Gasteiger partial charge in [-0.25, -0.2) is 4.39 Å². The number of nitrogens with zero attached hydrogens (tertiary/aromatic N) is 4. The van der Waals surface area contributed by atoms with Crippen LogP contribution in [0.3, 0.4) is 0 Å². The molecule has 0 fully saturated rings. The van der Waals surface area contributed by atoms with Crippen LogP contribution in [-0.4, -0.2) is 25.5 Å². The van der Waals surface area contributed by atoms with E-state index in [0.717, 1.165) is 4.68 Å². The average molecular weight is 430 g/mol. The number of hydrogen-bond donors (Lipinski definition) is 1. The summed E-state index contributed by atoms with van der Waals surface area (Å²) >= 11 is 6.05. The lowest BCUT2D eigenvalue weighted by Gasteiger charge is -2.09. The van der Waals surface area contributed by atoms with Gasteiger partial charge < -0.3 is 5.32 Å². The summed E-state index contributed by atoms with van der Waals surface area (Å²) in [6, 6.07) is 4.98. The van der Waals surface area contributed by atoms with Crippen molar-refractivity contribution in [2.75, 3.05) is 5.32 Å². The Morgan fingerprint density at radius 3 is 2.52 bits per heavy atom. The number of anilines is 1. The van der Waals surface area contributed by atoms with Crippen molar-refractivity contribution in [2.45, 2.75) is 26.6 Å². The first-order valence-electron chi connectivity index (χ1n) is 8.38. The molecule has 2 aromatic heterocycles.